The molecule has 24 heavy (non-hydrogen) atoms. The molecular formula is C17H29N3O4. The fourth-order valence-corrected chi connectivity index (χ4v) is 3.79. The number of carbonyl (C=O) groups is 3. The molecular weight excluding hydrogens is 310 g/mol. The third-order valence-corrected chi connectivity index (χ3v) is 5.05. The molecule has 136 valence electrons. The van der Waals surface area contributed by atoms with Gasteiger partial charge in [-0.05, 0) is 25.7 Å². The average Bonchev–Trinajstić information content (AvgIpc) is 3.09. The van der Waals surface area contributed by atoms with E-state index in [4.69, 9.17) is 0 Å². The number of hydrogen-bond acceptors (Lipinski definition) is 5. The van der Waals surface area contributed by atoms with E-state index in [1.807, 2.05) is 6.92 Å². The molecule has 1 heterocycles. The minimum atomic E-state index is -0.506. The van der Waals surface area contributed by atoms with Crippen LogP contribution in [-0.4, -0.2) is 73.5 Å². The van der Waals surface area contributed by atoms with Gasteiger partial charge >= 0.3 is 5.97 Å². The molecule has 2 fully saturated rings. The van der Waals surface area contributed by atoms with Crippen LogP contribution in [0.4, 0.5) is 0 Å². The first-order valence-electron chi connectivity index (χ1n) is 8.93. The molecule has 1 aliphatic heterocycles. The Bertz CT molecular complexity index is 455. The van der Waals surface area contributed by atoms with Crippen molar-refractivity contribution in [2.75, 3.05) is 39.8 Å². The first kappa shape index (κ1) is 18.7. The van der Waals surface area contributed by atoms with Crippen molar-refractivity contribution in [2.24, 2.45) is 5.92 Å². The summed E-state index contributed by atoms with van der Waals surface area (Å²) in [5.41, 5.74) is 0. The molecule has 0 spiro atoms. The van der Waals surface area contributed by atoms with Crippen molar-refractivity contribution in [3.05, 3.63) is 0 Å². The molecule has 1 atom stereocenters. The summed E-state index contributed by atoms with van der Waals surface area (Å²) in [4.78, 5) is 39.7. The molecule has 0 aromatic carbocycles. The highest BCUT2D eigenvalue weighted by Gasteiger charge is 2.37. The second-order valence-corrected chi connectivity index (χ2v) is 6.55. The smallest absolute Gasteiger partial charge is 0.315 e. The highest BCUT2D eigenvalue weighted by Crippen LogP contribution is 2.31. The number of nitrogens with zero attached hydrogens (tertiary/aromatic N) is 2. The van der Waals surface area contributed by atoms with Crippen LogP contribution in [0.2, 0.25) is 0 Å². The highest BCUT2D eigenvalue weighted by atomic mass is 16.5. The van der Waals surface area contributed by atoms with Crippen LogP contribution in [0.1, 0.15) is 39.0 Å². The van der Waals surface area contributed by atoms with Crippen molar-refractivity contribution in [1.82, 2.24) is 15.1 Å². The number of rotatable bonds is 6. The Labute approximate surface area is 143 Å². The fourth-order valence-electron chi connectivity index (χ4n) is 3.79. The SMILES string of the molecule is CCNC(=O)C(C1CCCC1)N1CCN(C(=O)CC(=O)OC)CC1. The summed E-state index contributed by atoms with van der Waals surface area (Å²) >= 11 is 0. The molecule has 7 nitrogen and oxygen atoms in total. The van der Waals surface area contributed by atoms with Crippen LogP contribution in [0.25, 0.3) is 0 Å². The van der Waals surface area contributed by atoms with Crippen molar-refractivity contribution < 1.29 is 19.1 Å². The lowest BCUT2D eigenvalue weighted by Gasteiger charge is -2.40. The van der Waals surface area contributed by atoms with Gasteiger partial charge in [-0.15, -0.1) is 0 Å². The van der Waals surface area contributed by atoms with Crippen LogP contribution in [0, 0.1) is 5.92 Å². The van der Waals surface area contributed by atoms with E-state index in [0.29, 0.717) is 38.6 Å². The maximum absolute atomic E-state index is 12.5. The van der Waals surface area contributed by atoms with Crippen molar-refractivity contribution >= 4 is 17.8 Å². The van der Waals surface area contributed by atoms with Gasteiger partial charge in [0.15, 0.2) is 0 Å². The van der Waals surface area contributed by atoms with E-state index >= 15 is 0 Å². The zero-order valence-electron chi connectivity index (χ0n) is 14.8. The van der Waals surface area contributed by atoms with E-state index in [0.717, 1.165) is 12.8 Å². The third kappa shape index (κ3) is 4.69. The lowest BCUT2D eigenvalue weighted by Crippen LogP contribution is -2.58. The Balaban J connectivity index is 1.93. The minimum absolute atomic E-state index is 0.0923. The third-order valence-electron chi connectivity index (χ3n) is 5.05. The van der Waals surface area contributed by atoms with E-state index in [2.05, 4.69) is 15.0 Å². The molecule has 0 aromatic heterocycles. The van der Waals surface area contributed by atoms with Gasteiger partial charge in [-0.1, -0.05) is 12.8 Å². The number of piperazine rings is 1. The van der Waals surface area contributed by atoms with E-state index in [1.165, 1.54) is 20.0 Å². The van der Waals surface area contributed by atoms with Gasteiger partial charge in [0.25, 0.3) is 0 Å². The van der Waals surface area contributed by atoms with Gasteiger partial charge in [0, 0.05) is 32.7 Å². The molecule has 7 heteroatoms. The number of likely N-dealkylation sites (N-methyl/N-ethyl adjacent to an activating group) is 1. The van der Waals surface area contributed by atoms with E-state index in [1.54, 1.807) is 4.90 Å². The van der Waals surface area contributed by atoms with Gasteiger partial charge < -0.3 is 15.0 Å². The van der Waals surface area contributed by atoms with Crippen molar-refractivity contribution in [3.8, 4) is 0 Å². The van der Waals surface area contributed by atoms with Gasteiger partial charge in [-0.25, -0.2) is 0 Å². The molecule has 0 bridgehead atoms. The zero-order valence-corrected chi connectivity index (χ0v) is 14.8. The molecule has 2 rings (SSSR count). The predicted molar refractivity (Wildman–Crippen MR) is 89.2 cm³/mol. The predicted octanol–water partition coefficient (Wildman–Crippen LogP) is 0.389. The summed E-state index contributed by atoms with van der Waals surface area (Å²) in [6, 6.07) is -0.0923. The Morgan fingerprint density at radius 3 is 2.29 bits per heavy atom. The van der Waals surface area contributed by atoms with Crippen LogP contribution in [0.15, 0.2) is 0 Å². The maximum atomic E-state index is 12.5. The summed E-state index contributed by atoms with van der Waals surface area (Å²) in [6.45, 7) is 5.03. The van der Waals surface area contributed by atoms with E-state index in [-0.39, 0.29) is 24.3 Å². The molecule has 2 amide bonds. The first-order chi connectivity index (χ1) is 11.6. The Hall–Kier alpha value is -1.63. The van der Waals surface area contributed by atoms with E-state index in [9.17, 15) is 14.4 Å². The lowest BCUT2D eigenvalue weighted by molar-refractivity contribution is -0.147. The number of amides is 2. The number of methoxy groups -OCH3 is 1. The van der Waals surface area contributed by atoms with Crippen molar-refractivity contribution in [1.29, 1.82) is 0 Å². The normalized spacial score (nSPS) is 20.7. The second-order valence-electron chi connectivity index (χ2n) is 6.55. The van der Waals surface area contributed by atoms with E-state index < -0.39 is 5.97 Å². The van der Waals surface area contributed by atoms with Crippen LogP contribution in [0.5, 0.6) is 0 Å². The molecule has 0 aromatic rings. The monoisotopic (exact) mass is 339 g/mol. The van der Waals surface area contributed by atoms with Gasteiger partial charge in [-0.2, -0.15) is 0 Å². The number of ether oxygens (including phenoxy) is 1. The molecule has 2 aliphatic rings. The number of esters is 1. The lowest BCUT2D eigenvalue weighted by atomic mass is 9.95. The molecule has 1 saturated heterocycles. The zero-order chi connectivity index (χ0) is 17.5. The average molecular weight is 339 g/mol. The van der Waals surface area contributed by atoms with Gasteiger partial charge in [0.1, 0.15) is 6.42 Å². The quantitative estimate of drug-likeness (QED) is 0.559. The Morgan fingerprint density at radius 2 is 1.75 bits per heavy atom. The molecule has 1 saturated carbocycles. The van der Waals surface area contributed by atoms with Gasteiger partial charge in [0.05, 0.1) is 13.2 Å². The maximum Gasteiger partial charge on any atom is 0.315 e. The van der Waals surface area contributed by atoms with Crippen LogP contribution in [0.3, 0.4) is 0 Å². The van der Waals surface area contributed by atoms with Crippen LogP contribution < -0.4 is 5.32 Å². The molecule has 0 radical (unpaired) electrons. The standard InChI is InChI=1S/C17H29N3O4/c1-3-18-17(23)16(13-6-4-5-7-13)20-10-8-19(9-11-20)14(21)12-15(22)24-2/h13,16H,3-12H2,1-2H3,(H,18,23). The van der Waals surface area contributed by atoms with Crippen LogP contribution in [-0.2, 0) is 19.1 Å². The van der Waals surface area contributed by atoms with Crippen LogP contribution >= 0.6 is 0 Å². The second kappa shape index (κ2) is 9.01. The van der Waals surface area contributed by atoms with Crippen molar-refractivity contribution in [3.63, 3.8) is 0 Å². The minimum Gasteiger partial charge on any atom is -0.469 e. The molecule has 1 aliphatic carbocycles. The summed E-state index contributed by atoms with van der Waals surface area (Å²) in [6.07, 6.45) is 4.38. The molecule has 1 N–H and O–H groups in total. The highest BCUT2D eigenvalue weighted by molar-refractivity contribution is 5.94. The summed E-state index contributed by atoms with van der Waals surface area (Å²) in [5, 5.41) is 2.97. The summed E-state index contributed by atoms with van der Waals surface area (Å²) < 4.78 is 4.55. The Kier molecular flexibility index (Phi) is 7.02. The topological polar surface area (TPSA) is 79.0 Å². The largest absolute Gasteiger partial charge is 0.469 e. The summed E-state index contributed by atoms with van der Waals surface area (Å²) in [5.74, 6) is -0.182. The number of nitrogens with one attached hydrogen (secondary N) is 1. The van der Waals surface area contributed by atoms with Gasteiger partial charge in [0.2, 0.25) is 11.8 Å². The molecule has 1 unspecified atom stereocenters. The fraction of sp³-hybridized carbons (Fsp3) is 0.824. The Morgan fingerprint density at radius 1 is 1.12 bits per heavy atom. The van der Waals surface area contributed by atoms with Gasteiger partial charge in [-0.3, -0.25) is 19.3 Å². The van der Waals surface area contributed by atoms with Crippen molar-refractivity contribution in [2.45, 2.75) is 45.1 Å². The summed E-state index contributed by atoms with van der Waals surface area (Å²) in [7, 11) is 1.28. The number of carbonyl (C=O) groups excluding carboxylic acids is 3. The number of hydrogen-bond donors (Lipinski definition) is 1. The first-order valence-corrected chi connectivity index (χ1v) is 8.93.